The summed E-state index contributed by atoms with van der Waals surface area (Å²) in [7, 11) is 1.79. The van der Waals surface area contributed by atoms with Crippen molar-refractivity contribution < 1.29 is 4.92 Å². The SMILES string of the molecule is CCNc1ncc([N+](=O)[O-])c(N(C)CCSC)n1. The van der Waals surface area contributed by atoms with Crippen LogP contribution in [0.15, 0.2) is 6.20 Å². The Labute approximate surface area is 110 Å². The molecule has 0 radical (unpaired) electrons. The molecule has 0 aliphatic heterocycles. The van der Waals surface area contributed by atoms with Crippen molar-refractivity contribution in [1.29, 1.82) is 0 Å². The summed E-state index contributed by atoms with van der Waals surface area (Å²) < 4.78 is 0. The van der Waals surface area contributed by atoms with Crippen LogP contribution in [0.2, 0.25) is 0 Å². The Kier molecular flexibility index (Phi) is 5.63. The molecule has 0 aliphatic rings. The average molecular weight is 271 g/mol. The molecule has 1 rings (SSSR count). The molecule has 1 aromatic heterocycles. The molecule has 0 saturated heterocycles. The molecule has 100 valence electrons. The molecular formula is C10H17N5O2S. The number of nitrogens with zero attached hydrogens (tertiary/aromatic N) is 4. The normalized spacial score (nSPS) is 10.2. The Bertz CT molecular complexity index is 415. The largest absolute Gasteiger partial charge is 0.354 e. The van der Waals surface area contributed by atoms with Crippen LogP contribution in [0.25, 0.3) is 0 Å². The predicted octanol–water partition coefficient (Wildman–Crippen LogP) is 1.62. The number of nitro groups is 1. The third-order valence-electron chi connectivity index (χ3n) is 2.27. The summed E-state index contributed by atoms with van der Waals surface area (Å²) >= 11 is 1.68. The molecule has 0 aliphatic carbocycles. The lowest BCUT2D eigenvalue weighted by Gasteiger charge is -2.17. The second-order valence-corrected chi connectivity index (χ2v) is 4.59. The van der Waals surface area contributed by atoms with Crippen molar-refractivity contribution in [2.45, 2.75) is 6.92 Å². The third-order valence-corrected chi connectivity index (χ3v) is 2.86. The maximum absolute atomic E-state index is 10.9. The highest BCUT2D eigenvalue weighted by Crippen LogP contribution is 2.25. The molecule has 1 aromatic rings. The highest BCUT2D eigenvalue weighted by molar-refractivity contribution is 7.98. The molecule has 1 N–H and O–H groups in total. The van der Waals surface area contributed by atoms with Crippen LogP contribution < -0.4 is 10.2 Å². The van der Waals surface area contributed by atoms with E-state index in [1.54, 1.807) is 23.7 Å². The smallest absolute Gasteiger partial charge is 0.329 e. The molecule has 0 bridgehead atoms. The van der Waals surface area contributed by atoms with E-state index in [0.29, 0.717) is 24.9 Å². The molecule has 0 amide bonds. The van der Waals surface area contributed by atoms with Crippen molar-refractivity contribution in [2.24, 2.45) is 0 Å². The fourth-order valence-electron chi connectivity index (χ4n) is 1.35. The Hall–Kier alpha value is -1.57. The average Bonchev–Trinajstić information content (AvgIpc) is 2.36. The van der Waals surface area contributed by atoms with Gasteiger partial charge >= 0.3 is 5.69 Å². The first kappa shape index (κ1) is 14.5. The summed E-state index contributed by atoms with van der Waals surface area (Å²) in [5.41, 5.74) is -0.0692. The molecule has 0 fully saturated rings. The van der Waals surface area contributed by atoms with Crippen molar-refractivity contribution >= 4 is 29.2 Å². The van der Waals surface area contributed by atoms with E-state index in [4.69, 9.17) is 0 Å². The van der Waals surface area contributed by atoms with Gasteiger partial charge in [0.05, 0.1) is 4.92 Å². The van der Waals surface area contributed by atoms with Crippen molar-refractivity contribution in [1.82, 2.24) is 9.97 Å². The number of anilines is 2. The summed E-state index contributed by atoms with van der Waals surface area (Å²) in [6.45, 7) is 3.29. The molecule has 8 heteroatoms. The standard InChI is InChI=1S/C10H17N5O2S/c1-4-11-10-12-7-8(15(16)17)9(13-10)14(2)5-6-18-3/h7H,4-6H2,1-3H3,(H,11,12,13). The van der Waals surface area contributed by atoms with Gasteiger partial charge in [0, 0.05) is 25.9 Å². The molecule has 0 atom stereocenters. The van der Waals surface area contributed by atoms with Gasteiger partial charge < -0.3 is 10.2 Å². The number of hydrogen-bond acceptors (Lipinski definition) is 7. The van der Waals surface area contributed by atoms with Crippen LogP contribution in [0, 0.1) is 10.1 Å². The number of nitrogens with one attached hydrogen (secondary N) is 1. The molecule has 0 aromatic carbocycles. The second kappa shape index (κ2) is 7.00. The number of aromatic nitrogens is 2. The maximum Gasteiger partial charge on any atom is 0.329 e. The van der Waals surface area contributed by atoms with E-state index in [1.165, 1.54) is 6.20 Å². The van der Waals surface area contributed by atoms with Gasteiger partial charge in [-0.1, -0.05) is 0 Å². The Balaban J connectivity index is 3.02. The van der Waals surface area contributed by atoms with Crippen LogP contribution in [0.5, 0.6) is 0 Å². The van der Waals surface area contributed by atoms with E-state index in [0.717, 1.165) is 5.75 Å². The van der Waals surface area contributed by atoms with Gasteiger partial charge in [-0.25, -0.2) is 4.98 Å². The Morgan fingerprint density at radius 2 is 2.33 bits per heavy atom. The monoisotopic (exact) mass is 271 g/mol. The summed E-state index contributed by atoms with van der Waals surface area (Å²) in [6.07, 6.45) is 3.24. The Morgan fingerprint density at radius 1 is 1.61 bits per heavy atom. The number of hydrogen-bond donors (Lipinski definition) is 1. The first-order valence-corrected chi connectivity index (χ1v) is 6.94. The van der Waals surface area contributed by atoms with Gasteiger partial charge in [-0.15, -0.1) is 0 Å². The minimum absolute atomic E-state index is 0.0692. The van der Waals surface area contributed by atoms with Gasteiger partial charge in [0.25, 0.3) is 0 Å². The van der Waals surface area contributed by atoms with Crippen LogP contribution in [-0.4, -0.2) is 47.0 Å². The fourth-order valence-corrected chi connectivity index (χ4v) is 1.81. The fraction of sp³-hybridized carbons (Fsp3) is 0.600. The van der Waals surface area contributed by atoms with Crippen molar-refractivity contribution in [3.05, 3.63) is 16.3 Å². The number of thioether (sulfide) groups is 1. The van der Waals surface area contributed by atoms with Crippen molar-refractivity contribution in [2.75, 3.05) is 42.4 Å². The van der Waals surface area contributed by atoms with E-state index in [1.807, 2.05) is 13.2 Å². The lowest BCUT2D eigenvalue weighted by atomic mass is 10.4. The summed E-state index contributed by atoms with van der Waals surface area (Å²) in [5.74, 6) is 1.64. The quantitative estimate of drug-likeness (QED) is 0.595. The van der Waals surface area contributed by atoms with Gasteiger partial charge in [-0.05, 0) is 13.2 Å². The summed E-state index contributed by atoms with van der Waals surface area (Å²) in [4.78, 5) is 20.4. The van der Waals surface area contributed by atoms with E-state index in [2.05, 4.69) is 15.3 Å². The Morgan fingerprint density at radius 3 is 2.89 bits per heavy atom. The highest BCUT2D eigenvalue weighted by atomic mass is 32.2. The topological polar surface area (TPSA) is 84.2 Å². The maximum atomic E-state index is 10.9. The van der Waals surface area contributed by atoms with Crippen LogP contribution in [0.3, 0.4) is 0 Å². The zero-order valence-corrected chi connectivity index (χ0v) is 11.5. The summed E-state index contributed by atoms with van der Waals surface area (Å²) in [5, 5.41) is 13.9. The van der Waals surface area contributed by atoms with Crippen LogP contribution in [0.1, 0.15) is 6.92 Å². The second-order valence-electron chi connectivity index (χ2n) is 3.60. The van der Waals surface area contributed by atoms with Gasteiger partial charge in [0.2, 0.25) is 11.8 Å². The molecule has 18 heavy (non-hydrogen) atoms. The molecule has 1 heterocycles. The van der Waals surface area contributed by atoms with Gasteiger partial charge in [0.15, 0.2) is 0 Å². The molecule has 7 nitrogen and oxygen atoms in total. The van der Waals surface area contributed by atoms with Gasteiger partial charge in [-0.2, -0.15) is 16.7 Å². The van der Waals surface area contributed by atoms with E-state index in [9.17, 15) is 10.1 Å². The molecule has 0 saturated carbocycles. The van der Waals surface area contributed by atoms with Crippen LogP contribution in [0.4, 0.5) is 17.5 Å². The van der Waals surface area contributed by atoms with Crippen molar-refractivity contribution in [3.8, 4) is 0 Å². The third kappa shape index (κ3) is 3.73. The van der Waals surface area contributed by atoms with E-state index < -0.39 is 4.92 Å². The zero-order chi connectivity index (χ0) is 13.5. The van der Waals surface area contributed by atoms with E-state index >= 15 is 0 Å². The highest BCUT2D eigenvalue weighted by Gasteiger charge is 2.20. The first-order valence-electron chi connectivity index (χ1n) is 5.55. The minimum Gasteiger partial charge on any atom is -0.354 e. The molecule has 0 spiro atoms. The predicted molar refractivity (Wildman–Crippen MR) is 74.5 cm³/mol. The van der Waals surface area contributed by atoms with Crippen LogP contribution >= 0.6 is 11.8 Å². The zero-order valence-electron chi connectivity index (χ0n) is 10.7. The lowest BCUT2D eigenvalue weighted by molar-refractivity contribution is -0.384. The molecule has 0 unspecified atom stereocenters. The van der Waals surface area contributed by atoms with Crippen LogP contribution in [-0.2, 0) is 0 Å². The van der Waals surface area contributed by atoms with Gasteiger partial charge in [-0.3, -0.25) is 10.1 Å². The first-order chi connectivity index (χ1) is 8.60. The summed E-state index contributed by atoms with van der Waals surface area (Å²) in [6, 6.07) is 0. The van der Waals surface area contributed by atoms with Gasteiger partial charge in [0.1, 0.15) is 6.20 Å². The minimum atomic E-state index is -0.458. The van der Waals surface area contributed by atoms with Crippen molar-refractivity contribution in [3.63, 3.8) is 0 Å². The molecular weight excluding hydrogens is 254 g/mol. The lowest BCUT2D eigenvalue weighted by Crippen LogP contribution is -2.23. The van der Waals surface area contributed by atoms with E-state index in [-0.39, 0.29) is 5.69 Å². The number of rotatable bonds is 7.